The fourth-order valence-corrected chi connectivity index (χ4v) is 2.09. The van der Waals surface area contributed by atoms with Crippen molar-refractivity contribution in [2.24, 2.45) is 0 Å². The summed E-state index contributed by atoms with van der Waals surface area (Å²) in [5, 5.41) is 10.2. The second-order valence-electron chi connectivity index (χ2n) is 6.44. The van der Waals surface area contributed by atoms with E-state index in [0.29, 0.717) is 11.2 Å². The zero-order valence-corrected chi connectivity index (χ0v) is 13.1. The van der Waals surface area contributed by atoms with E-state index in [-0.39, 0.29) is 11.9 Å². The zero-order valence-electron chi connectivity index (χ0n) is 13.1. The van der Waals surface area contributed by atoms with Crippen molar-refractivity contribution in [1.82, 2.24) is 0 Å². The molecule has 0 radical (unpaired) electrons. The summed E-state index contributed by atoms with van der Waals surface area (Å²) in [5.74, 6) is 0.722. The first kappa shape index (κ1) is 15.2. The van der Waals surface area contributed by atoms with Crippen LogP contribution in [-0.2, 0) is 9.31 Å². The van der Waals surface area contributed by atoms with Crippen molar-refractivity contribution >= 4 is 12.6 Å². The lowest BCUT2D eigenvalue weighted by Gasteiger charge is -2.32. The molecule has 1 saturated heterocycles. The lowest BCUT2D eigenvalue weighted by Crippen LogP contribution is -2.41. The van der Waals surface area contributed by atoms with Gasteiger partial charge in [-0.25, -0.2) is 0 Å². The van der Waals surface area contributed by atoms with Crippen LogP contribution in [0.1, 0.15) is 41.5 Å². The van der Waals surface area contributed by atoms with Gasteiger partial charge in [0.1, 0.15) is 11.5 Å². The van der Waals surface area contributed by atoms with Crippen molar-refractivity contribution < 1.29 is 19.2 Å². The van der Waals surface area contributed by atoms with E-state index < -0.39 is 18.3 Å². The van der Waals surface area contributed by atoms with Crippen molar-refractivity contribution in [3.63, 3.8) is 0 Å². The van der Waals surface area contributed by atoms with E-state index in [9.17, 15) is 5.11 Å². The Morgan fingerprint density at radius 3 is 2.15 bits per heavy atom. The summed E-state index contributed by atoms with van der Waals surface area (Å²) in [6.45, 7) is 11.8. The molecular weight excluding hydrogens is 255 g/mol. The molecule has 2 rings (SSSR count). The summed E-state index contributed by atoms with van der Waals surface area (Å²) in [6, 6.07) is 5.19. The van der Waals surface area contributed by atoms with Crippen LogP contribution in [0.3, 0.4) is 0 Å². The molecule has 4 nitrogen and oxygen atoms in total. The molecule has 1 N–H and O–H groups in total. The van der Waals surface area contributed by atoms with Crippen LogP contribution in [0.15, 0.2) is 18.2 Å². The molecule has 20 heavy (non-hydrogen) atoms. The van der Waals surface area contributed by atoms with Gasteiger partial charge < -0.3 is 19.2 Å². The number of aromatic hydroxyl groups is 1. The molecule has 1 fully saturated rings. The molecule has 0 unspecified atom stereocenters. The Morgan fingerprint density at radius 2 is 1.65 bits per heavy atom. The van der Waals surface area contributed by atoms with Gasteiger partial charge in [0.25, 0.3) is 0 Å². The smallest absolute Gasteiger partial charge is 0.502 e. The molecule has 0 amide bonds. The molecule has 1 aromatic rings. The highest BCUT2D eigenvalue weighted by Crippen LogP contribution is 2.38. The minimum Gasteiger partial charge on any atom is -0.508 e. The second-order valence-corrected chi connectivity index (χ2v) is 6.44. The van der Waals surface area contributed by atoms with Crippen LogP contribution in [0, 0.1) is 0 Å². The Bertz CT molecular complexity index is 481. The van der Waals surface area contributed by atoms with Crippen molar-refractivity contribution in [2.75, 3.05) is 0 Å². The first-order valence-corrected chi connectivity index (χ1v) is 6.98. The van der Waals surface area contributed by atoms with E-state index in [1.807, 2.05) is 47.6 Å². The summed E-state index contributed by atoms with van der Waals surface area (Å²) in [4.78, 5) is 0. The lowest BCUT2D eigenvalue weighted by molar-refractivity contribution is 0.00578. The number of phenolic OH excluding ortho intramolecular Hbond substituents is 1. The van der Waals surface area contributed by atoms with Crippen molar-refractivity contribution in [3.05, 3.63) is 18.2 Å². The van der Waals surface area contributed by atoms with Gasteiger partial charge in [-0.05, 0) is 53.7 Å². The van der Waals surface area contributed by atoms with E-state index >= 15 is 0 Å². The molecule has 0 bridgehead atoms. The second kappa shape index (κ2) is 4.97. The molecule has 110 valence electrons. The fourth-order valence-electron chi connectivity index (χ4n) is 2.09. The molecular formula is C15H23BO4. The van der Waals surface area contributed by atoms with Crippen molar-refractivity contribution in [3.8, 4) is 11.5 Å². The Labute approximate surface area is 121 Å². The van der Waals surface area contributed by atoms with E-state index in [1.54, 1.807) is 12.1 Å². The molecule has 1 aromatic carbocycles. The average Bonchev–Trinajstić information content (AvgIpc) is 2.46. The van der Waals surface area contributed by atoms with Crippen LogP contribution in [0.4, 0.5) is 0 Å². The van der Waals surface area contributed by atoms with E-state index in [0.717, 1.165) is 0 Å². The van der Waals surface area contributed by atoms with Gasteiger partial charge in [0.05, 0.1) is 22.8 Å². The van der Waals surface area contributed by atoms with Gasteiger partial charge in [0.15, 0.2) is 0 Å². The summed E-state index contributed by atoms with van der Waals surface area (Å²) in [6.07, 6.45) is 0.0120. The maximum atomic E-state index is 10.2. The minimum absolute atomic E-state index is 0.0120. The molecule has 0 aromatic heterocycles. The van der Waals surface area contributed by atoms with Crippen LogP contribution in [0.25, 0.3) is 0 Å². The maximum Gasteiger partial charge on any atom is 0.502 e. The monoisotopic (exact) mass is 278 g/mol. The van der Waals surface area contributed by atoms with E-state index in [4.69, 9.17) is 14.0 Å². The first-order valence-electron chi connectivity index (χ1n) is 6.98. The average molecular weight is 278 g/mol. The van der Waals surface area contributed by atoms with Crippen molar-refractivity contribution in [1.29, 1.82) is 0 Å². The third kappa shape index (κ3) is 2.65. The SMILES string of the molecule is CC(C)Oc1cccc(O)c1B1OC(C)(C)C(C)(C)O1. The Morgan fingerprint density at radius 1 is 1.10 bits per heavy atom. The molecule has 0 aliphatic carbocycles. The van der Waals surface area contributed by atoms with Crippen LogP contribution >= 0.6 is 0 Å². The van der Waals surface area contributed by atoms with Crippen LogP contribution in [0.5, 0.6) is 11.5 Å². The summed E-state index contributed by atoms with van der Waals surface area (Å²) in [5.41, 5.74) is -0.343. The standard InChI is InChI=1S/C15H23BO4/c1-10(2)18-12-9-7-8-11(17)13(12)16-19-14(3,4)15(5,6)20-16/h7-10,17H,1-6H3. The van der Waals surface area contributed by atoms with Gasteiger partial charge in [-0.15, -0.1) is 0 Å². The van der Waals surface area contributed by atoms with Crippen LogP contribution < -0.4 is 10.2 Å². The number of benzene rings is 1. The molecule has 0 spiro atoms. The van der Waals surface area contributed by atoms with Gasteiger partial charge in [-0.2, -0.15) is 0 Å². The highest BCUT2D eigenvalue weighted by atomic mass is 16.7. The number of hydrogen-bond donors (Lipinski definition) is 1. The minimum atomic E-state index is -0.630. The summed E-state index contributed by atoms with van der Waals surface area (Å²) in [7, 11) is -0.630. The normalized spacial score (nSPS) is 20.4. The maximum absolute atomic E-state index is 10.2. The van der Waals surface area contributed by atoms with Crippen LogP contribution in [-0.4, -0.2) is 29.5 Å². The van der Waals surface area contributed by atoms with Crippen molar-refractivity contribution in [2.45, 2.75) is 58.8 Å². The molecule has 0 atom stereocenters. The summed E-state index contributed by atoms with van der Waals surface area (Å²) < 4.78 is 17.7. The molecule has 1 aliphatic heterocycles. The topological polar surface area (TPSA) is 47.9 Å². The predicted molar refractivity (Wildman–Crippen MR) is 79.6 cm³/mol. The van der Waals surface area contributed by atoms with E-state index in [1.165, 1.54) is 0 Å². The fraction of sp³-hybridized carbons (Fsp3) is 0.600. The quantitative estimate of drug-likeness (QED) is 0.863. The third-order valence-corrected chi connectivity index (χ3v) is 3.89. The largest absolute Gasteiger partial charge is 0.508 e. The van der Waals surface area contributed by atoms with Gasteiger partial charge >= 0.3 is 7.12 Å². The van der Waals surface area contributed by atoms with Crippen LogP contribution in [0.2, 0.25) is 0 Å². The predicted octanol–water partition coefficient (Wildman–Crippen LogP) is 2.48. The summed E-state index contributed by atoms with van der Waals surface area (Å²) >= 11 is 0. The zero-order chi connectivity index (χ0) is 15.1. The van der Waals surface area contributed by atoms with Gasteiger partial charge in [0.2, 0.25) is 0 Å². The van der Waals surface area contributed by atoms with E-state index in [2.05, 4.69) is 0 Å². The first-order chi connectivity index (χ1) is 9.14. The molecule has 0 saturated carbocycles. The van der Waals surface area contributed by atoms with Gasteiger partial charge in [0, 0.05) is 0 Å². The lowest BCUT2D eigenvalue weighted by atomic mass is 9.77. The third-order valence-electron chi connectivity index (χ3n) is 3.89. The Hall–Kier alpha value is -1.20. The molecule has 1 aliphatic rings. The Balaban J connectivity index is 2.39. The number of ether oxygens (including phenoxy) is 1. The number of phenols is 1. The molecule has 5 heteroatoms. The van der Waals surface area contributed by atoms with Gasteiger partial charge in [-0.3, -0.25) is 0 Å². The molecule has 1 heterocycles. The highest BCUT2D eigenvalue weighted by Gasteiger charge is 2.53. The van der Waals surface area contributed by atoms with Gasteiger partial charge in [-0.1, -0.05) is 6.07 Å². The Kier molecular flexibility index (Phi) is 3.78. The highest BCUT2D eigenvalue weighted by molar-refractivity contribution is 6.64. The number of rotatable bonds is 3. The number of hydrogen-bond acceptors (Lipinski definition) is 4.